The van der Waals surface area contributed by atoms with Crippen molar-refractivity contribution in [1.82, 2.24) is 0 Å². The quantitative estimate of drug-likeness (QED) is 0.352. The molecule has 3 aromatic carbocycles. The molecule has 0 saturated heterocycles. The van der Waals surface area contributed by atoms with E-state index in [1.165, 1.54) is 36.9 Å². The van der Waals surface area contributed by atoms with Crippen LogP contribution in [-0.4, -0.2) is 0 Å². The lowest BCUT2D eigenvalue weighted by molar-refractivity contribution is 0.735. The third-order valence-corrected chi connectivity index (χ3v) is 6.31. The molecule has 0 fully saturated rings. The highest BCUT2D eigenvalue weighted by Gasteiger charge is 2.15. The van der Waals surface area contributed by atoms with Crippen molar-refractivity contribution in [3.63, 3.8) is 0 Å². The summed E-state index contributed by atoms with van der Waals surface area (Å²) in [5.41, 5.74) is 3.97. The van der Waals surface area contributed by atoms with Crippen molar-refractivity contribution in [2.75, 3.05) is 0 Å². The summed E-state index contributed by atoms with van der Waals surface area (Å²) in [6, 6.07) is 21.6. The summed E-state index contributed by atoms with van der Waals surface area (Å²) in [6.07, 6.45) is 1.11. The molecule has 0 aliphatic heterocycles. The van der Waals surface area contributed by atoms with Gasteiger partial charge >= 0.3 is 0 Å². The SMILES string of the molecule is CCC(C)c1cc(Cl)ccc1-c1cccc2c1sc1ccccc12. The van der Waals surface area contributed by atoms with Crippen molar-refractivity contribution in [1.29, 1.82) is 0 Å². The Balaban J connectivity index is 2.04. The van der Waals surface area contributed by atoms with E-state index < -0.39 is 0 Å². The molecule has 1 atom stereocenters. The number of halogens is 1. The summed E-state index contributed by atoms with van der Waals surface area (Å²) >= 11 is 8.17. The summed E-state index contributed by atoms with van der Waals surface area (Å²) in [5.74, 6) is 0.489. The zero-order valence-electron chi connectivity index (χ0n) is 13.8. The highest BCUT2D eigenvalue weighted by atomic mass is 35.5. The second-order valence-corrected chi connectivity index (χ2v) is 7.81. The zero-order chi connectivity index (χ0) is 16.7. The molecule has 0 nitrogen and oxygen atoms in total. The average Bonchev–Trinajstić information content (AvgIpc) is 3.00. The van der Waals surface area contributed by atoms with Crippen LogP contribution in [0.25, 0.3) is 31.3 Å². The first-order valence-electron chi connectivity index (χ1n) is 8.39. The van der Waals surface area contributed by atoms with Crippen LogP contribution in [0.5, 0.6) is 0 Å². The maximum absolute atomic E-state index is 6.29. The summed E-state index contributed by atoms with van der Waals surface area (Å²) in [6.45, 7) is 4.51. The molecule has 4 aromatic rings. The Labute approximate surface area is 151 Å². The van der Waals surface area contributed by atoms with E-state index in [-0.39, 0.29) is 0 Å². The van der Waals surface area contributed by atoms with E-state index in [1.54, 1.807) is 0 Å². The van der Waals surface area contributed by atoms with Crippen molar-refractivity contribution in [3.8, 4) is 11.1 Å². The highest BCUT2D eigenvalue weighted by molar-refractivity contribution is 7.26. The van der Waals surface area contributed by atoms with Crippen molar-refractivity contribution >= 4 is 43.1 Å². The van der Waals surface area contributed by atoms with E-state index in [0.717, 1.165) is 11.4 Å². The van der Waals surface area contributed by atoms with Gasteiger partial charge in [-0.25, -0.2) is 0 Å². The smallest absolute Gasteiger partial charge is 0.0433 e. The van der Waals surface area contributed by atoms with E-state index in [4.69, 9.17) is 11.6 Å². The van der Waals surface area contributed by atoms with Gasteiger partial charge in [0.25, 0.3) is 0 Å². The minimum atomic E-state index is 0.489. The Morgan fingerprint density at radius 3 is 2.54 bits per heavy atom. The number of hydrogen-bond donors (Lipinski definition) is 0. The fourth-order valence-corrected chi connectivity index (χ4v) is 4.78. The summed E-state index contributed by atoms with van der Waals surface area (Å²) in [4.78, 5) is 0. The van der Waals surface area contributed by atoms with Gasteiger partial charge in [-0.3, -0.25) is 0 Å². The van der Waals surface area contributed by atoms with Gasteiger partial charge in [-0.2, -0.15) is 0 Å². The third kappa shape index (κ3) is 2.53. The number of hydrogen-bond acceptors (Lipinski definition) is 1. The second-order valence-electron chi connectivity index (χ2n) is 6.32. The van der Waals surface area contributed by atoms with Gasteiger partial charge < -0.3 is 0 Å². The standard InChI is InChI=1S/C22H19ClS/c1-3-14(2)20-13-15(23)11-12-16(20)18-8-6-9-19-17-7-4-5-10-21(17)24-22(18)19/h4-14H,3H2,1-2H3. The van der Waals surface area contributed by atoms with Gasteiger partial charge in [-0.05, 0) is 47.2 Å². The molecule has 1 unspecified atom stereocenters. The van der Waals surface area contributed by atoms with E-state index in [2.05, 4.69) is 68.4 Å². The predicted octanol–water partition coefficient (Wildman–Crippen LogP) is 7.89. The van der Waals surface area contributed by atoms with Crippen molar-refractivity contribution in [3.05, 3.63) is 71.2 Å². The number of benzene rings is 3. The molecule has 1 heterocycles. The molecule has 0 saturated carbocycles. The Bertz CT molecular complexity index is 1030. The molecule has 0 amide bonds. The van der Waals surface area contributed by atoms with Crippen LogP contribution in [0.15, 0.2) is 60.7 Å². The van der Waals surface area contributed by atoms with Gasteiger partial charge in [0.15, 0.2) is 0 Å². The minimum Gasteiger partial charge on any atom is -0.135 e. The molecule has 4 rings (SSSR count). The molecule has 0 spiro atoms. The fourth-order valence-electron chi connectivity index (χ4n) is 3.37. The van der Waals surface area contributed by atoms with Gasteiger partial charge in [-0.1, -0.05) is 67.9 Å². The molecule has 0 aliphatic carbocycles. The molecule has 0 radical (unpaired) electrons. The monoisotopic (exact) mass is 350 g/mol. The van der Waals surface area contributed by atoms with E-state index in [9.17, 15) is 0 Å². The average molecular weight is 351 g/mol. The van der Waals surface area contributed by atoms with Crippen LogP contribution >= 0.6 is 22.9 Å². The molecule has 0 N–H and O–H groups in total. The molecule has 24 heavy (non-hydrogen) atoms. The maximum Gasteiger partial charge on any atom is 0.0433 e. The Kier molecular flexibility index (Phi) is 4.07. The second kappa shape index (κ2) is 6.23. The topological polar surface area (TPSA) is 0 Å². The lowest BCUT2D eigenvalue weighted by Crippen LogP contribution is -1.95. The zero-order valence-corrected chi connectivity index (χ0v) is 15.4. The van der Waals surface area contributed by atoms with Crippen LogP contribution in [0.1, 0.15) is 31.7 Å². The predicted molar refractivity (Wildman–Crippen MR) is 108 cm³/mol. The lowest BCUT2D eigenvalue weighted by Gasteiger charge is -2.16. The summed E-state index contributed by atoms with van der Waals surface area (Å²) in [5, 5.41) is 3.51. The van der Waals surface area contributed by atoms with Crippen LogP contribution in [0, 0.1) is 0 Å². The fraction of sp³-hybridized carbons (Fsp3) is 0.182. The first-order valence-corrected chi connectivity index (χ1v) is 9.58. The molecule has 0 bridgehead atoms. The van der Waals surface area contributed by atoms with Crippen LogP contribution in [0.4, 0.5) is 0 Å². The Morgan fingerprint density at radius 1 is 0.917 bits per heavy atom. The van der Waals surface area contributed by atoms with Crippen molar-refractivity contribution in [2.45, 2.75) is 26.2 Å². The molecular formula is C22H19ClS. The summed E-state index contributed by atoms with van der Waals surface area (Å²) in [7, 11) is 0. The van der Waals surface area contributed by atoms with Crippen LogP contribution in [0.2, 0.25) is 5.02 Å². The van der Waals surface area contributed by atoms with Gasteiger partial charge in [0.05, 0.1) is 0 Å². The number of thiophene rings is 1. The van der Waals surface area contributed by atoms with Gasteiger partial charge in [0, 0.05) is 25.2 Å². The third-order valence-electron chi connectivity index (χ3n) is 4.85. The molecule has 1 aromatic heterocycles. The molecule has 120 valence electrons. The lowest BCUT2D eigenvalue weighted by atomic mass is 9.89. The van der Waals surface area contributed by atoms with E-state index in [0.29, 0.717) is 5.92 Å². The normalized spacial score (nSPS) is 12.8. The van der Waals surface area contributed by atoms with Crippen molar-refractivity contribution < 1.29 is 0 Å². The molecule has 0 aliphatic rings. The minimum absolute atomic E-state index is 0.489. The van der Waals surface area contributed by atoms with Crippen LogP contribution < -0.4 is 0 Å². The highest BCUT2D eigenvalue weighted by Crippen LogP contribution is 2.42. The van der Waals surface area contributed by atoms with Crippen LogP contribution in [0.3, 0.4) is 0 Å². The summed E-state index contributed by atoms with van der Waals surface area (Å²) < 4.78 is 2.71. The van der Waals surface area contributed by atoms with Crippen molar-refractivity contribution in [2.24, 2.45) is 0 Å². The molecular weight excluding hydrogens is 332 g/mol. The first-order chi connectivity index (χ1) is 11.7. The van der Waals surface area contributed by atoms with E-state index in [1.807, 2.05) is 17.4 Å². The van der Waals surface area contributed by atoms with E-state index >= 15 is 0 Å². The Hall–Kier alpha value is -1.83. The molecule has 2 heteroatoms. The first kappa shape index (κ1) is 15.7. The van der Waals surface area contributed by atoms with Crippen LogP contribution in [-0.2, 0) is 0 Å². The van der Waals surface area contributed by atoms with Gasteiger partial charge in [-0.15, -0.1) is 11.3 Å². The largest absolute Gasteiger partial charge is 0.135 e. The Morgan fingerprint density at radius 2 is 1.71 bits per heavy atom. The van der Waals surface area contributed by atoms with Gasteiger partial charge in [0.1, 0.15) is 0 Å². The number of rotatable bonds is 3. The maximum atomic E-state index is 6.29. The number of fused-ring (bicyclic) bond motifs is 3. The van der Waals surface area contributed by atoms with Gasteiger partial charge in [0.2, 0.25) is 0 Å².